The Bertz CT molecular complexity index is 796. The number of thioether (sulfide) groups is 1. The van der Waals surface area contributed by atoms with Gasteiger partial charge in [0.2, 0.25) is 0 Å². The third-order valence-corrected chi connectivity index (χ3v) is 4.33. The lowest BCUT2D eigenvalue weighted by atomic mass is 10.0. The van der Waals surface area contributed by atoms with Crippen LogP contribution in [0.25, 0.3) is 0 Å². The highest BCUT2D eigenvalue weighted by atomic mass is 32.2. The summed E-state index contributed by atoms with van der Waals surface area (Å²) in [4.78, 5) is 36.1. The van der Waals surface area contributed by atoms with Gasteiger partial charge in [-0.3, -0.25) is 9.59 Å². The van der Waals surface area contributed by atoms with E-state index in [9.17, 15) is 14.4 Å². The molecule has 2 rings (SSSR count). The molecule has 0 amide bonds. The van der Waals surface area contributed by atoms with E-state index < -0.39 is 5.97 Å². The first kappa shape index (κ1) is 18.7. The Hall–Kier alpha value is -2.60. The molecule has 2 aromatic carbocycles. The zero-order valence-electron chi connectivity index (χ0n) is 14.2. The molecule has 0 heterocycles. The van der Waals surface area contributed by atoms with Crippen LogP contribution in [0.5, 0.6) is 5.75 Å². The maximum atomic E-state index is 12.6. The molecule has 130 valence electrons. The third-order valence-electron chi connectivity index (χ3n) is 3.48. The number of benzene rings is 2. The van der Waals surface area contributed by atoms with E-state index in [4.69, 9.17) is 4.74 Å². The maximum Gasteiger partial charge on any atom is 0.337 e. The SMILES string of the molecule is COC(=O)c1ccc(CC(=O)c2ccc(OC)cc2SC(C)=O)cc1. The number of rotatable bonds is 6. The fourth-order valence-electron chi connectivity index (χ4n) is 2.26. The predicted octanol–water partition coefficient (Wildman–Crippen LogP) is 3.55. The van der Waals surface area contributed by atoms with E-state index in [1.54, 1.807) is 42.5 Å². The lowest BCUT2D eigenvalue weighted by molar-refractivity contribution is -0.109. The molecule has 0 atom stereocenters. The summed E-state index contributed by atoms with van der Waals surface area (Å²) in [6, 6.07) is 11.7. The van der Waals surface area contributed by atoms with Crippen molar-refractivity contribution in [2.45, 2.75) is 18.2 Å². The van der Waals surface area contributed by atoms with Gasteiger partial charge in [0.25, 0.3) is 0 Å². The largest absolute Gasteiger partial charge is 0.497 e. The summed E-state index contributed by atoms with van der Waals surface area (Å²) in [5.74, 6) is 0.0492. The summed E-state index contributed by atoms with van der Waals surface area (Å²) >= 11 is 1.00. The molecule has 0 saturated carbocycles. The number of hydrogen-bond acceptors (Lipinski definition) is 6. The Kier molecular flexibility index (Phi) is 6.36. The molecule has 0 fully saturated rings. The van der Waals surface area contributed by atoms with Crippen molar-refractivity contribution >= 4 is 28.6 Å². The van der Waals surface area contributed by atoms with E-state index >= 15 is 0 Å². The number of ketones is 1. The highest BCUT2D eigenvalue weighted by Crippen LogP contribution is 2.29. The highest BCUT2D eigenvalue weighted by Gasteiger charge is 2.15. The first-order valence-electron chi connectivity index (χ1n) is 7.51. The summed E-state index contributed by atoms with van der Waals surface area (Å²) in [5, 5.41) is -0.107. The summed E-state index contributed by atoms with van der Waals surface area (Å²) in [7, 11) is 2.85. The quantitative estimate of drug-likeness (QED) is 0.447. The number of Topliss-reactive ketones (excluding diaryl/α,β-unsaturated/α-hetero) is 1. The molecule has 0 aromatic heterocycles. The molecule has 0 spiro atoms. The lowest BCUT2D eigenvalue weighted by Crippen LogP contribution is -2.07. The van der Waals surface area contributed by atoms with E-state index in [0.29, 0.717) is 21.8 Å². The monoisotopic (exact) mass is 358 g/mol. The molecule has 0 N–H and O–H groups in total. The smallest absolute Gasteiger partial charge is 0.337 e. The van der Waals surface area contributed by atoms with Crippen LogP contribution in [0.2, 0.25) is 0 Å². The van der Waals surface area contributed by atoms with Crippen LogP contribution in [0, 0.1) is 0 Å². The number of esters is 1. The van der Waals surface area contributed by atoms with Crippen LogP contribution in [-0.4, -0.2) is 31.1 Å². The minimum absolute atomic E-state index is 0.107. The van der Waals surface area contributed by atoms with Crippen LogP contribution in [0.4, 0.5) is 0 Å². The van der Waals surface area contributed by atoms with E-state index in [2.05, 4.69) is 4.74 Å². The Morgan fingerprint density at radius 3 is 2.24 bits per heavy atom. The zero-order valence-corrected chi connectivity index (χ0v) is 15.0. The van der Waals surface area contributed by atoms with Gasteiger partial charge in [0.15, 0.2) is 10.9 Å². The Morgan fingerprint density at radius 2 is 1.68 bits per heavy atom. The van der Waals surface area contributed by atoms with Crippen molar-refractivity contribution in [1.82, 2.24) is 0 Å². The summed E-state index contributed by atoms with van der Waals surface area (Å²) in [6.45, 7) is 1.45. The number of hydrogen-bond donors (Lipinski definition) is 0. The van der Waals surface area contributed by atoms with Crippen LogP contribution >= 0.6 is 11.8 Å². The molecule has 6 heteroatoms. The molecule has 5 nitrogen and oxygen atoms in total. The van der Waals surface area contributed by atoms with Gasteiger partial charge in [0.1, 0.15) is 5.75 Å². The Balaban J connectivity index is 2.22. The van der Waals surface area contributed by atoms with Gasteiger partial charge in [-0.15, -0.1) is 0 Å². The Morgan fingerprint density at radius 1 is 1.00 bits per heavy atom. The predicted molar refractivity (Wildman–Crippen MR) is 95.3 cm³/mol. The van der Waals surface area contributed by atoms with Crippen LogP contribution in [0.3, 0.4) is 0 Å². The second-order valence-corrected chi connectivity index (χ2v) is 6.46. The third kappa shape index (κ3) is 4.93. The first-order chi connectivity index (χ1) is 11.9. The molecule has 25 heavy (non-hydrogen) atoms. The average Bonchev–Trinajstić information content (AvgIpc) is 2.61. The average molecular weight is 358 g/mol. The second kappa shape index (κ2) is 8.48. The molecule has 0 bridgehead atoms. The fourth-order valence-corrected chi connectivity index (χ4v) is 3.03. The lowest BCUT2D eigenvalue weighted by Gasteiger charge is -2.09. The number of carbonyl (C=O) groups is 3. The van der Waals surface area contributed by atoms with E-state index in [1.807, 2.05) is 0 Å². The maximum absolute atomic E-state index is 12.6. The summed E-state index contributed by atoms with van der Waals surface area (Å²) < 4.78 is 9.80. The van der Waals surface area contributed by atoms with Gasteiger partial charge in [-0.1, -0.05) is 23.9 Å². The molecule has 0 aliphatic rings. The van der Waals surface area contributed by atoms with Crippen molar-refractivity contribution in [3.8, 4) is 5.75 Å². The van der Waals surface area contributed by atoms with Crippen molar-refractivity contribution < 1.29 is 23.9 Å². The van der Waals surface area contributed by atoms with E-state index in [1.165, 1.54) is 21.1 Å². The van der Waals surface area contributed by atoms with Crippen LogP contribution in [0.1, 0.15) is 33.2 Å². The molecule has 0 radical (unpaired) electrons. The van der Waals surface area contributed by atoms with Crippen molar-refractivity contribution in [2.75, 3.05) is 14.2 Å². The summed E-state index contributed by atoms with van der Waals surface area (Å²) in [6.07, 6.45) is 0.166. The van der Waals surface area contributed by atoms with Gasteiger partial charge < -0.3 is 9.47 Å². The van der Waals surface area contributed by atoms with Gasteiger partial charge in [0.05, 0.1) is 19.8 Å². The van der Waals surface area contributed by atoms with Crippen molar-refractivity contribution in [3.63, 3.8) is 0 Å². The first-order valence-corrected chi connectivity index (χ1v) is 8.33. The minimum Gasteiger partial charge on any atom is -0.497 e. The van der Waals surface area contributed by atoms with Gasteiger partial charge >= 0.3 is 5.97 Å². The highest BCUT2D eigenvalue weighted by molar-refractivity contribution is 8.13. The zero-order chi connectivity index (χ0) is 18.4. The number of methoxy groups -OCH3 is 2. The second-order valence-electron chi connectivity index (χ2n) is 5.24. The van der Waals surface area contributed by atoms with Crippen LogP contribution in [0.15, 0.2) is 47.4 Å². The normalized spacial score (nSPS) is 10.2. The topological polar surface area (TPSA) is 69.7 Å². The van der Waals surface area contributed by atoms with Crippen molar-refractivity contribution in [3.05, 3.63) is 59.2 Å². The standard InChI is InChI=1S/C19H18O5S/c1-12(20)25-18-11-15(23-2)8-9-16(18)17(21)10-13-4-6-14(7-5-13)19(22)24-3/h4-9,11H,10H2,1-3H3. The molecule has 0 unspecified atom stereocenters. The van der Waals surface area contributed by atoms with E-state index in [-0.39, 0.29) is 17.3 Å². The van der Waals surface area contributed by atoms with Crippen LogP contribution < -0.4 is 4.74 Å². The van der Waals surface area contributed by atoms with Gasteiger partial charge in [-0.2, -0.15) is 0 Å². The minimum atomic E-state index is -0.423. The molecule has 2 aromatic rings. The molecule has 0 saturated heterocycles. The van der Waals surface area contributed by atoms with Gasteiger partial charge in [0, 0.05) is 23.8 Å². The molecular weight excluding hydrogens is 340 g/mol. The molecular formula is C19H18O5S. The van der Waals surface area contributed by atoms with Crippen LogP contribution in [-0.2, 0) is 16.0 Å². The molecule has 0 aliphatic carbocycles. The summed E-state index contributed by atoms with van der Waals surface area (Å²) in [5.41, 5.74) is 1.67. The van der Waals surface area contributed by atoms with Gasteiger partial charge in [-0.25, -0.2) is 4.79 Å². The molecule has 0 aliphatic heterocycles. The Labute approximate surface area is 150 Å². The van der Waals surface area contributed by atoms with Crippen molar-refractivity contribution in [2.24, 2.45) is 0 Å². The number of carbonyl (C=O) groups excluding carboxylic acids is 3. The fraction of sp³-hybridized carbons (Fsp3) is 0.211. The number of ether oxygens (including phenoxy) is 2. The van der Waals surface area contributed by atoms with Gasteiger partial charge in [-0.05, 0) is 35.9 Å². The van der Waals surface area contributed by atoms with Crippen molar-refractivity contribution in [1.29, 1.82) is 0 Å². The van der Waals surface area contributed by atoms with E-state index in [0.717, 1.165) is 17.3 Å².